The number of carbonyl (C=O) groups excluding carboxylic acids is 2. The summed E-state index contributed by atoms with van der Waals surface area (Å²) in [5.74, 6) is -0.439. The Hall–Kier alpha value is -2.34. The molecule has 1 amide bonds. The van der Waals surface area contributed by atoms with Crippen molar-refractivity contribution >= 4 is 33.5 Å². The van der Waals surface area contributed by atoms with Crippen molar-refractivity contribution in [2.45, 2.75) is 0 Å². The van der Waals surface area contributed by atoms with Crippen molar-refractivity contribution in [2.24, 2.45) is 0 Å². The van der Waals surface area contributed by atoms with Crippen LogP contribution in [0.1, 0.15) is 10.4 Å². The van der Waals surface area contributed by atoms with Crippen LogP contribution in [0.2, 0.25) is 0 Å². The second-order valence-corrected chi connectivity index (χ2v) is 5.28. The maximum atomic E-state index is 11.9. The summed E-state index contributed by atoms with van der Waals surface area (Å²) in [4.78, 5) is 23.6. The second-order valence-electron chi connectivity index (χ2n) is 4.37. The van der Waals surface area contributed by atoms with Crippen molar-refractivity contribution in [3.63, 3.8) is 0 Å². The fourth-order valence-electron chi connectivity index (χ4n) is 1.73. The minimum Gasteiger partial charge on any atom is -0.497 e. The van der Waals surface area contributed by atoms with Gasteiger partial charge in [0.05, 0.1) is 12.7 Å². The maximum absolute atomic E-state index is 11.9. The smallest absolute Gasteiger partial charge is 0.338 e. The van der Waals surface area contributed by atoms with Crippen LogP contribution in [0.3, 0.4) is 0 Å². The molecule has 0 aliphatic rings. The zero-order chi connectivity index (χ0) is 15.9. The van der Waals surface area contributed by atoms with Gasteiger partial charge >= 0.3 is 5.97 Å². The Balaban J connectivity index is 1.89. The van der Waals surface area contributed by atoms with E-state index < -0.39 is 11.9 Å². The summed E-state index contributed by atoms with van der Waals surface area (Å²) in [6.45, 7) is -0.359. The van der Waals surface area contributed by atoms with Crippen LogP contribution >= 0.6 is 15.9 Å². The van der Waals surface area contributed by atoms with E-state index in [-0.39, 0.29) is 6.61 Å². The average molecular weight is 364 g/mol. The Labute approximate surface area is 136 Å². The Morgan fingerprint density at radius 3 is 2.64 bits per heavy atom. The number of halogens is 1. The molecule has 2 aromatic carbocycles. The first-order chi connectivity index (χ1) is 10.6. The molecule has 0 spiro atoms. The summed E-state index contributed by atoms with van der Waals surface area (Å²) in [7, 11) is 1.51. The van der Waals surface area contributed by atoms with E-state index in [2.05, 4.69) is 21.2 Å². The van der Waals surface area contributed by atoms with Gasteiger partial charge in [0.1, 0.15) is 5.75 Å². The summed E-state index contributed by atoms with van der Waals surface area (Å²) < 4.78 is 10.8. The van der Waals surface area contributed by atoms with Crippen molar-refractivity contribution in [3.05, 3.63) is 58.6 Å². The number of benzene rings is 2. The predicted octanol–water partition coefficient (Wildman–Crippen LogP) is 3.25. The number of methoxy groups -OCH3 is 1. The van der Waals surface area contributed by atoms with E-state index in [1.165, 1.54) is 7.11 Å². The Kier molecular flexibility index (Phi) is 5.55. The molecule has 22 heavy (non-hydrogen) atoms. The highest BCUT2D eigenvalue weighted by molar-refractivity contribution is 9.10. The fourth-order valence-corrected chi connectivity index (χ4v) is 2.13. The number of esters is 1. The van der Waals surface area contributed by atoms with Gasteiger partial charge in [-0.25, -0.2) is 4.79 Å². The summed E-state index contributed by atoms with van der Waals surface area (Å²) in [5, 5.41) is 2.64. The highest BCUT2D eigenvalue weighted by Gasteiger charge is 2.11. The number of carbonyl (C=O) groups is 2. The summed E-state index contributed by atoms with van der Waals surface area (Å²) in [6.07, 6.45) is 0. The van der Waals surface area contributed by atoms with Crippen molar-refractivity contribution in [1.82, 2.24) is 0 Å². The van der Waals surface area contributed by atoms with Gasteiger partial charge in [0.15, 0.2) is 6.61 Å². The molecule has 0 saturated carbocycles. The van der Waals surface area contributed by atoms with Crippen LogP contribution in [-0.4, -0.2) is 25.6 Å². The molecular weight excluding hydrogens is 350 g/mol. The van der Waals surface area contributed by atoms with Crippen molar-refractivity contribution in [3.8, 4) is 5.75 Å². The Morgan fingerprint density at radius 1 is 1.14 bits per heavy atom. The first-order valence-electron chi connectivity index (χ1n) is 6.45. The number of nitrogens with one attached hydrogen (secondary N) is 1. The maximum Gasteiger partial charge on any atom is 0.338 e. The molecule has 114 valence electrons. The van der Waals surface area contributed by atoms with Gasteiger partial charge in [-0.3, -0.25) is 4.79 Å². The molecule has 0 heterocycles. The number of amides is 1. The van der Waals surface area contributed by atoms with Gasteiger partial charge < -0.3 is 14.8 Å². The second kappa shape index (κ2) is 7.61. The molecule has 0 aliphatic heterocycles. The topological polar surface area (TPSA) is 64.6 Å². The highest BCUT2D eigenvalue weighted by atomic mass is 79.9. The molecule has 0 fully saturated rings. The van der Waals surface area contributed by atoms with Gasteiger partial charge in [0.2, 0.25) is 0 Å². The SMILES string of the molecule is COc1cccc(C(=O)OCC(=O)Nc2cccc(Br)c2)c1. The molecule has 0 bridgehead atoms. The summed E-state index contributed by atoms with van der Waals surface area (Å²) in [6, 6.07) is 13.7. The molecule has 2 aromatic rings. The molecule has 0 unspecified atom stereocenters. The standard InChI is InChI=1S/C16H14BrNO4/c1-21-14-7-2-4-11(8-14)16(20)22-10-15(19)18-13-6-3-5-12(17)9-13/h2-9H,10H2,1H3,(H,18,19). The lowest BCUT2D eigenvalue weighted by Crippen LogP contribution is -2.20. The van der Waals surface area contributed by atoms with Gasteiger partial charge in [-0.15, -0.1) is 0 Å². The minimum absolute atomic E-state index is 0.328. The molecule has 6 heteroatoms. The Morgan fingerprint density at radius 2 is 1.91 bits per heavy atom. The van der Waals surface area contributed by atoms with Crippen LogP contribution in [0.15, 0.2) is 53.0 Å². The average Bonchev–Trinajstić information content (AvgIpc) is 2.52. The van der Waals surface area contributed by atoms with Crippen LogP contribution < -0.4 is 10.1 Å². The van der Waals surface area contributed by atoms with Gasteiger partial charge in [-0.1, -0.05) is 28.1 Å². The molecule has 0 atom stereocenters. The van der Waals surface area contributed by atoms with E-state index in [1.54, 1.807) is 42.5 Å². The van der Waals surface area contributed by atoms with Gasteiger partial charge in [0.25, 0.3) is 5.91 Å². The number of hydrogen-bond acceptors (Lipinski definition) is 4. The first kappa shape index (κ1) is 16.0. The van der Waals surface area contributed by atoms with Crippen LogP contribution in [0.25, 0.3) is 0 Å². The normalized spacial score (nSPS) is 9.91. The summed E-state index contributed by atoms with van der Waals surface area (Å²) in [5.41, 5.74) is 0.950. The third kappa shape index (κ3) is 4.60. The van der Waals surface area contributed by atoms with Crippen molar-refractivity contribution in [2.75, 3.05) is 19.0 Å². The van der Waals surface area contributed by atoms with E-state index in [1.807, 2.05) is 6.07 Å². The lowest BCUT2D eigenvalue weighted by molar-refractivity contribution is -0.119. The Bertz CT molecular complexity index is 687. The monoisotopic (exact) mass is 363 g/mol. The molecule has 5 nitrogen and oxygen atoms in total. The van der Waals surface area contributed by atoms with Crippen LogP contribution in [-0.2, 0) is 9.53 Å². The molecule has 0 saturated heterocycles. The third-order valence-corrected chi connectivity index (χ3v) is 3.24. The zero-order valence-corrected chi connectivity index (χ0v) is 13.4. The largest absolute Gasteiger partial charge is 0.497 e. The third-order valence-electron chi connectivity index (χ3n) is 2.75. The molecule has 2 rings (SSSR count). The van der Waals surface area contributed by atoms with Crippen LogP contribution in [0.4, 0.5) is 5.69 Å². The quantitative estimate of drug-likeness (QED) is 0.828. The molecule has 0 aromatic heterocycles. The number of anilines is 1. The zero-order valence-electron chi connectivity index (χ0n) is 11.8. The lowest BCUT2D eigenvalue weighted by Gasteiger charge is -2.07. The molecular formula is C16H14BrNO4. The van der Waals surface area contributed by atoms with E-state index in [9.17, 15) is 9.59 Å². The molecule has 0 aliphatic carbocycles. The van der Waals surface area contributed by atoms with Crippen molar-refractivity contribution < 1.29 is 19.1 Å². The van der Waals surface area contributed by atoms with E-state index in [4.69, 9.17) is 9.47 Å². The first-order valence-corrected chi connectivity index (χ1v) is 7.24. The molecule has 1 N–H and O–H groups in total. The number of rotatable bonds is 5. The lowest BCUT2D eigenvalue weighted by atomic mass is 10.2. The van der Waals surface area contributed by atoms with E-state index in [0.717, 1.165) is 4.47 Å². The van der Waals surface area contributed by atoms with Gasteiger partial charge in [0, 0.05) is 10.2 Å². The number of hydrogen-bond donors (Lipinski definition) is 1. The van der Waals surface area contributed by atoms with E-state index >= 15 is 0 Å². The van der Waals surface area contributed by atoms with Crippen molar-refractivity contribution in [1.29, 1.82) is 0 Å². The minimum atomic E-state index is -0.580. The van der Waals surface area contributed by atoms with Gasteiger partial charge in [-0.2, -0.15) is 0 Å². The summed E-state index contributed by atoms with van der Waals surface area (Å²) >= 11 is 3.31. The predicted molar refractivity (Wildman–Crippen MR) is 86.0 cm³/mol. The fraction of sp³-hybridized carbons (Fsp3) is 0.125. The van der Waals surface area contributed by atoms with Crippen LogP contribution in [0, 0.1) is 0 Å². The van der Waals surface area contributed by atoms with Crippen LogP contribution in [0.5, 0.6) is 5.75 Å². The molecule has 0 radical (unpaired) electrons. The highest BCUT2D eigenvalue weighted by Crippen LogP contribution is 2.16. The van der Waals surface area contributed by atoms with E-state index in [0.29, 0.717) is 17.0 Å². The number of ether oxygens (including phenoxy) is 2. The van der Waals surface area contributed by atoms with Gasteiger partial charge in [-0.05, 0) is 36.4 Å².